The van der Waals surface area contributed by atoms with Crippen LogP contribution in [-0.2, 0) is 5.54 Å². The first-order chi connectivity index (χ1) is 12.4. The molecule has 1 aliphatic heterocycles. The van der Waals surface area contributed by atoms with Gasteiger partial charge in [0.1, 0.15) is 5.39 Å². The van der Waals surface area contributed by atoms with E-state index in [0.717, 1.165) is 32.0 Å². The molecule has 7 heteroatoms. The van der Waals surface area contributed by atoms with Gasteiger partial charge in [0.25, 0.3) is 5.56 Å². The lowest BCUT2D eigenvalue weighted by Crippen LogP contribution is -2.38. The maximum absolute atomic E-state index is 12.3. The second kappa shape index (κ2) is 7.78. The van der Waals surface area contributed by atoms with Gasteiger partial charge in [0, 0.05) is 12.6 Å². The summed E-state index contributed by atoms with van der Waals surface area (Å²) in [6.07, 6.45) is 7.83. The van der Waals surface area contributed by atoms with Crippen LogP contribution in [0.25, 0.3) is 11.0 Å². The van der Waals surface area contributed by atoms with Crippen molar-refractivity contribution in [3.63, 3.8) is 0 Å². The van der Waals surface area contributed by atoms with E-state index in [1.165, 1.54) is 25.8 Å². The molecule has 2 N–H and O–H groups in total. The van der Waals surface area contributed by atoms with Gasteiger partial charge in [-0.25, -0.2) is 4.68 Å². The van der Waals surface area contributed by atoms with Crippen LogP contribution < -0.4 is 10.9 Å². The molecule has 0 spiro atoms. The van der Waals surface area contributed by atoms with Gasteiger partial charge in [0.05, 0.1) is 11.7 Å². The molecule has 144 valence electrons. The topological polar surface area (TPSA) is 78.8 Å². The van der Waals surface area contributed by atoms with Gasteiger partial charge in [-0.1, -0.05) is 6.42 Å². The van der Waals surface area contributed by atoms with Crippen LogP contribution in [0.2, 0.25) is 0 Å². The largest absolute Gasteiger partial charge is 0.356 e. The summed E-state index contributed by atoms with van der Waals surface area (Å²) in [6.45, 7) is 11.7. The second-order valence-corrected chi connectivity index (χ2v) is 8.39. The Hall–Kier alpha value is -1.89. The van der Waals surface area contributed by atoms with E-state index in [4.69, 9.17) is 0 Å². The summed E-state index contributed by atoms with van der Waals surface area (Å²) >= 11 is 0. The predicted octanol–water partition coefficient (Wildman–Crippen LogP) is 2.94. The average Bonchev–Trinajstić information content (AvgIpc) is 3.01. The Morgan fingerprint density at radius 2 is 2.12 bits per heavy atom. The van der Waals surface area contributed by atoms with Gasteiger partial charge in [-0.3, -0.25) is 9.78 Å². The number of piperidine rings is 1. The van der Waals surface area contributed by atoms with E-state index in [2.05, 4.69) is 53.0 Å². The van der Waals surface area contributed by atoms with Crippen molar-refractivity contribution in [3.05, 3.63) is 16.6 Å². The van der Waals surface area contributed by atoms with Crippen LogP contribution in [-0.4, -0.2) is 50.3 Å². The molecule has 0 aliphatic carbocycles. The molecule has 0 unspecified atom stereocenters. The molecule has 0 amide bonds. The number of fused-ring (bicyclic) bond motifs is 1. The second-order valence-electron chi connectivity index (χ2n) is 8.39. The first-order valence-corrected chi connectivity index (χ1v) is 9.83. The van der Waals surface area contributed by atoms with Crippen molar-refractivity contribution in [2.75, 3.05) is 25.0 Å². The summed E-state index contributed by atoms with van der Waals surface area (Å²) in [7, 11) is 0. The van der Waals surface area contributed by atoms with Crippen molar-refractivity contribution >= 4 is 17.0 Å². The third-order valence-electron chi connectivity index (χ3n) is 5.18. The van der Waals surface area contributed by atoms with E-state index in [1.54, 1.807) is 10.9 Å². The smallest absolute Gasteiger partial charge is 0.263 e. The number of aromatic nitrogens is 4. The zero-order valence-electron chi connectivity index (χ0n) is 16.5. The van der Waals surface area contributed by atoms with E-state index in [-0.39, 0.29) is 11.1 Å². The monoisotopic (exact) mass is 360 g/mol. The van der Waals surface area contributed by atoms with Crippen LogP contribution in [0, 0.1) is 0 Å². The van der Waals surface area contributed by atoms with Crippen molar-refractivity contribution in [3.8, 4) is 0 Å². The lowest BCUT2D eigenvalue weighted by atomic mass is 10.0. The molecule has 1 fully saturated rings. The van der Waals surface area contributed by atoms with Crippen LogP contribution in [0.5, 0.6) is 0 Å². The highest BCUT2D eigenvalue weighted by Gasteiger charge is 2.20. The Bertz CT molecular complexity index is 787. The van der Waals surface area contributed by atoms with Gasteiger partial charge < -0.3 is 10.2 Å². The van der Waals surface area contributed by atoms with Gasteiger partial charge in [0.15, 0.2) is 5.65 Å². The summed E-state index contributed by atoms with van der Waals surface area (Å²) in [4.78, 5) is 22.3. The van der Waals surface area contributed by atoms with Crippen LogP contribution in [0.4, 0.5) is 5.95 Å². The molecule has 1 atom stereocenters. The highest BCUT2D eigenvalue weighted by molar-refractivity contribution is 5.74. The zero-order chi connectivity index (χ0) is 18.7. The zero-order valence-corrected chi connectivity index (χ0v) is 16.5. The molecule has 0 radical (unpaired) electrons. The number of nitrogens with zero attached hydrogens (tertiary/aromatic N) is 4. The van der Waals surface area contributed by atoms with Crippen molar-refractivity contribution in [2.45, 2.75) is 71.4 Å². The molecule has 1 saturated heterocycles. The number of hydrogen-bond donors (Lipinski definition) is 2. The lowest BCUT2D eigenvalue weighted by molar-refractivity contribution is 0.158. The fourth-order valence-electron chi connectivity index (χ4n) is 3.63. The van der Waals surface area contributed by atoms with Gasteiger partial charge in [-0.2, -0.15) is 10.1 Å². The highest BCUT2D eigenvalue weighted by Crippen LogP contribution is 2.19. The Balaban J connectivity index is 1.56. The third kappa shape index (κ3) is 4.26. The predicted molar refractivity (Wildman–Crippen MR) is 106 cm³/mol. The van der Waals surface area contributed by atoms with E-state index < -0.39 is 0 Å². The quantitative estimate of drug-likeness (QED) is 0.775. The SMILES string of the molecule is C[C@H]1CCCCN1CCCCNc1nc2c(cnn2C(C)(C)C)c(=O)[nH]1. The van der Waals surface area contributed by atoms with Crippen LogP contribution >= 0.6 is 0 Å². The fraction of sp³-hybridized carbons (Fsp3) is 0.737. The van der Waals surface area contributed by atoms with Crippen molar-refractivity contribution < 1.29 is 0 Å². The average molecular weight is 361 g/mol. The van der Waals surface area contributed by atoms with E-state index in [0.29, 0.717) is 17.0 Å². The normalized spacial score (nSPS) is 19.2. The van der Waals surface area contributed by atoms with Crippen LogP contribution in [0.3, 0.4) is 0 Å². The van der Waals surface area contributed by atoms with Gasteiger partial charge in [-0.15, -0.1) is 0 Å². The molecular weight excluding hydrogens is 328 g/mol. The third-order valence-corrected chi connectivity index (χ3v) is 5.18. The van der Waals surface area contributed by atoms with E-state index in [9.17, 15) is 4.79 Å². The molecule has 2 aromatic rings. The number of nitrogens with one attached hydrogen (secondary N) is 2. The molecular formula is C19H32N6O. The first kappa shape index (κ1) is 18.9. The molecule has 2 aromatic heterocycles. The maximum atomic E-state index is 12.3. The number of aromatic amines is 1. The number of anilines is 1. The molecule has 1 aliphatic rings. The number of unbranched alkanes of at least 4 members (excludes halogenated alkanes) is 1. The van der Waals surface area contributed by atoms with Gasteiger partial charge >= 0.3 is 0 Å². The Labute approximate surface area is 155 Å². The summed E-state index contributed by atoms with van der Waals surface area (Å²) in [5.74, 6) is 0.528. The number of likely N-dealkylation sites (tertiary alicyclic amines) is 1. The number of H-pyrrole nitrogens is 1. The van der Waals surface area contributed by atoms with Crippen molar-refractivity contribution in [1.29, 1.82) is 0 Å². The summed E-state index contributed by atoms with van der Waals surface area (Å²) < 4.78 is 1.81. The fourth-order valence-corrected chi connectivity index (χ4v) is 3.63. The number of rotatable bonds is 6. The standard InChI is InChI=1S/C19H32N6O/c1-14-9-5-7-11-24(14)12-8-6-10-20-18-22-16-15(17(26)23-18)13-21-25(16)19(2,3)4/h13-14H,5-12H2,1-4H3,(H2,20,22,23,26)/t14-/m0/s1. The minimum atomic E-state index is -0.217. The molecule has 3 heterocycles. The Morgan fingerprint density at radius 1 is 1.31 bits per heavy atom. The van der Waals surface area contributed by atoms with E-state index >= 15 is 0 Å². The summed E-state index contributed by atoms with van der Waals surface area (Å²) in [5, 5.41) is 8.14. The summed E-state index contributed by atoms with van der Waals surface area (Å²) in [5.41, 5.74) is 0.270. The first-order valence-electron chi connectivity index (χ1n) is 9.83. The van der Waals surface area contributed by atoms with Gasteiger partial charge in [-0.05, 0) is 66.5 Å². The van der Waals surface area contributed by atoms with Gasteiger partial charge in [0.2, 0.25) is 5.95 Å². The van der Waals surface area contributed by atoms with Crippen molar-refractivity contribution in [1.82, 2.24) is 24.6 Å². The molecule has 26 heavy (non-hydrogen) atoms. The number of hydrogen-bond acceptors (Lipinski definition) is 5. The molecule has 3 rings (SSSR count). The lowest BCUT2D eigenvalue weighted by Gasteiger charge is -2.33. The van der Waals surface area contributed by atoms with E-state index in [1.807, 2.05) is 0 Å². The minimum Gasteiger partial charge on any atom is -0.356 e. The molecule has 7 nitrogen and oxygen atoms in total. The Kier molecular flexibility index (Phi) is 5.65. The molecule has 0 bridgehead atoms. The highest BCUT2D eigenvalue weighted by atomic mass is 16.1. The Morgan fingerprint density at radius 3 is 2.85 bits per heavy atom. The van der Waals surface area contributed by atoms with Crippen molar-refractivity contribution in [2.24, 2.45) is 0 Å². The maximum Gasteiger partial charge on any atom is 0.263 e. The minimum absolute atomic E-state index is 0.143. The molecule has 0 saturated carbocycles. The molecule has 0 aromatic carbocycles. The van der Waals surface area contributed by atoms with Crippen LogP contribution in [0.15, 0.2) is 11.0 Å². The summed E-state index contributed by atoms with van der Waals surface area (Å²) in [6, 6.07) is 0.717. The van der Waals surface area contributed by atoms with Crippen LogP contribution in [0.1, 0.15) is 59.8 Å².